The van der Waals surface area contributed by atoms with Gasteiger partial charge in [0.1, 0.15) is 5.75 Å². The largest absolute Gasteiger partial charge is 0.497 e. The van der Waals surface area contributed by atoms with Gasteiger partial charge in [-0.15, -0.1) is 0 Å². The summed E-state index contributed by atoms with van der Waals surface area (Å²) in [7, 11) is 1.66. The van der Waals surface area contributed by atoms with Crippen LogP contribution < -0.4 is 4.74 Å². The van der Waals surface area contributed by atoms with Crippen LogP contribution in [0, 0.1) is 6.92 Å². The molecule has 0 saturated heterocycles. The number of rotatable bonds is 5. The molecular weight excluding hydrogens is 238 g/mol. The molecule has 1 N–H and O–H groups in total. The lowest BCUT2D eigenvalue weighted by atomic mass is 10.0. The Labute approximate surface area is 113 Å². The summed E-state index contributed by atoms with van der Waals surface area (Å²) in [5, 5.41) is 8.84. The van der Waals surface area contributed by atoms with Gasteiger partial charge in [0.25, 0.3) is 0 Å². The van der Waals surface area contributed by atoms with E-state index in [0.717, 1.165) is 35.4 Å². The van der Waals surface area contributed by atoms with Crippen LogP contribution >= 0.6 is 0 Å². The first-order valence-corrected chi connectivity index (χ1v) is 6.45. The molecule has 0 aliphatic heterocycles. The maximum absolute atomic E-state index is 8.84. The fraction of sp³-hybridized carbons (Fsp3) is 0.312. The Hall–Kier alpha value is -1.87. The second-order valence-corrected chi connectivity index (χ2v) is 4.55. The number of methoxy groups -OCH3 is 1. The molecule has 0 aliphatic carbocycles. The summed E-state index contributed by atoms with van der Waals surface area (Å²) in [6.45, 7) is 2.30. The molecule has 1 aromatic carbocycles. The first-order chi connectivity index (χ1) is 9.24. The Morgan fingerprint density at radius 3 is 2.53 bits per heavy atom. The van der Waals surface area contributed by atoms with Crippen molar-refractivity contribution in [3.63, 3.8) is 0 Å². The second kappa shape index (κ2) is 6.34. The van der Waals surface area contributed by atoms with Crippen molar-refractivity contribution in [3.8, 4) is 16.9 Å². The lowest BCUT2D eigenvalue weighted by Crippen LogP contribution is -1.95. The fourth-order valence-electron chi connectivity index (χ4n) is 2.08. The fourth-order valence-corrected chi connectivity index (χ4v) is 2.08. The molecule has 0 bridgehead atoms. The van der Waals surface area contributed by atoms with E-state index >= 15 is 0 Å². The summed E-state index contributed by atoms with van der Waals surface area (Å²) in [5.74, 6) is 0.855. The van der Waals surface area contributed by atoms with Gasteiger partial charge >= 0.3 is 0 Å². The topological polar surface area (TPSA) is 42.4 Å². The second-order valence-electron chi connectivity index (χ2n) is 4.55. The molecule has 0 atom stereocenters. The van der Waals surface area contributed by atoms with Crippen LogP contribution in [0.15, 0.2) is 36.5 Å². The van der Waals surface area contributed by atoms with Crippen molar-refractivity contribution in [2.24, 2.45) is 0 Å². The lowest BCUT2D eigenvalue weighted by molar-refractivity contribution is 0.288. The molecule has 0 saturated carbocycles. The average Bonchev–Trinajstić information content (AvgIpc) is 2.45. The Kier molecular flexibility index (Phi) is 4.53. The third kappa shape index (κ3) is 3.32. The summed E-state index contributed by atoms with van der Waals surface area (Å²) in [5.41, 5.74) is 4.51. The zero-order chi connectivity index (χ0) is 13.7. The number of ether oxygens (including phenoxy) is 1. The normalized spacial score (nSPS) is 10.5. The number of aromatic nitrogens is 1. The summed E-state index contributed by atoms with van der Waals surface area (Å²) >= 11 is 0. The number of aryl methyl sites for hydroxylation is 2. The van der Waals surface area contributed by atoms with Crippen molar-refractivity contribution >= 4 is 0 Å². The Morgan fingerprint density at radius 2 is 1.95 bits per heavy atom. The maximum atomic E-state index is 8.84. The molecular formula is C16H19NO2. The van der Waals surface area contributed by atoms with Gasteiger partial charge in [0.15, 0.2) is 0 Å². The predicted molar refractivity (Wildman–Crippen MR) is 76.4 cm³/mol. The number of hydrogen-bond acceptors (Lipinski definition) is 3. The van der Waals surface area contributed by atoms with E-state index in [1.807, 2.05) is 30.5 Å². The van der Waals surface area contributed by atoms with Crippen LogP contribution in [-0.2, 0) is 6.42 Å². The van der Waals surface area contributed by atoms with Crippen LogP contribution in [0.1, 0.15) is 17.7 Å². The van der Waals surface area contributed by atoms with Crippen molar-refractivity contribution < 1.29 is 9.84 Å². The predicted octanol–water partition coefficient (Wildman–Crippen LogP) is 2.99. The molecule has 1 aromatic heterocycles. The van der Waals surface area contributed by atoms with Crippen LogP contribution in [0.25, 0.3) is 11.1 Å². The Bertz CT molecular complexity index is 535. The average molecular weight is 257 g/mol. The van der Waals surface area contributed by atoms with Gasteiger partial charge in [0.2, 0.25) is 0 Å². The third-order valence-electron chi connectivity index (χ3n) is 3.16. The molecule has 0 radical (unpaired) electrons. The van der Waals surface area contributed by atoms with Crippen molar-refractivity contribution in [1.82, 2.24) is 4.98 Å². The number of aliphatic hydroxyl groups excluding tert-OH is 1. The molecule has 19 heavy (non-hydrogen) atoms. The smallest absolute Gasteiger partial charge is 0.118 e. The van der Waals surface area contributed by atoms with Crippen LogP contribution in [-0.4, -0.2) is 23.8 Å². The van der Waals surface area contributed by atoms with E-state index < -0.39 is 0 Å². The van der Waals surface area contributed by atoms with Gasteiger partial charge in [0, 0.05) is 24.1 Å². The number of hydrogen-bond donors (Lipinski definition) is 1. The number of nitrogens with zero attached hydrogens (tertiary/aromatic N) is 1. The molecule has 0 amide bonds. The zero-order valence-electron chi connectivity index (χ0n) is 11.4. The van der Waals surface area contributed by atoms with E-state index in [1.54, 1.807) is 7.11 Å². The summed E-state index contributed by atoms with van der Waals surface area (Å²) < 4.78 is 5.16. The molecule has 100 valence electrons. The summed E-state index contributed by atoms with van der Waals surface area (Å²) in [4.78, 5) is 4.45. The molecule has 0 aliphatic rings. The van der Waals surface area contributed by atoms with Gasteiger partial charge in [-0.25, -0.2) is 0 Å². The lowest BCUT2D eigenvalue weighted by Gasteiger charge is -2.08. The summed E-state index contributed by atoms with van der Waals surface area (Å²) in [6.07, 6.45) is 3.48. The highest BCUT2D eigenvalue weighted by atomic mass is 16.5. The quantitative estimate of drug-likeness (QED) is 0.895. The van der Waals surface area contributed by atoms with E-state index in [1.165, 1.54) is 5.56 Å². The minimum absolute atomic E-state index is 0.209. The minimum atomic E-state index is 0.209. The van der Waals surface area contributed by atoms with E-state index in [4.69, 9.17) is 9.84 Å². The van der Waals surface area contributed by atoms with Gasteiger partial charge in [-0.2, -0.15) is 0 Å². The highest BCUT2D eigenvalue weighted by molar-refractivity contribution is 5.66. The number of benzene rings is 1. The number of aliphatic hydroxyl groups is 1. The van der Waals surface area contributed by atoms with E-state index in [2.05, 4.69) is 18.0 Å². The van der Waals surface area contributed by atoms with Crippen molar-refractivity contribution in [3.05, 3.63) is 47.8 Å². The van der Waals surface area contributed by atoms with Crippen LogP contribution in [0.4, 0.5) is 0 Å². The third-order valence-corrected chi connectivity index (χ3v) is 3.16. The molecule has 3 heteroatoms. The van der Waals surface area contributed by atoms with Gasteiger partial charge in [0.05, 0.1) is 7.11 Å². The first kappa shape index (κ1) is 13.6. The van der Waals surface area contributed by atoms with Gasteiger partial charge in [-0.05, 0) is 49.1 Å². The van der Waals surface area contributed by atoms with Crippen LogP contribution in [0.3, 0.4) is 0 Å². The van der Waals surface area contributed by atoms with E-state index in [-0.39, 0.29) is 6.61 Å². The monoisotopic (exact) mass is 257 g/mol. The van der Waals surface area contributed by atoms with Gasteiger partial charge in [-0.1, -0.05) is 12.1 Å². The van der Waals surface area contributed by atoms with Crippen LogP contribution in [0.2, 0.25) is 0 Å². The van der Waals surface area contributed by atoms with E-state index in [9.17, 15) is 0 Å². The maximum Gasteiger partial charge on any atom is 0.118 e. The Morgan fingerprint density at radius 1 is 1.21 bits per heavy atom. The Balaban J connectivity index is 2.24. The SMILES string of the molecule is COc1ccc(-c2cnc(CCCO)cc2C)cc1. The molecule has 2 rings (SSSR count). The summed E-state index contributed by atoms with van der Waals surface area (Å²) in [6, 6.07) is 10.1. The number of pyridine rings is 1. The first-order valence-electron chi connectivity index (χ1n) is 6.45. The molecule has 2 aromatic rings. The molecule has 1 heterocycles. The van der Waals surface area contributed by atoms with Gasteiger partial charge in [-0.3, -0.25) is 4.98 Å². The zero-order valence-corrected chi connectivity index (χ0v) is 11.4. The van der Waals surface area contributed by atoms with Crippen molar-refractivity contribution in [2.75, 3.05) is 13.7 Å². The minimum Gasteiger partial charge on any atom is -0.497 e. The van der Waals surface area contributed by atoms with Crippen LogP contribution in [0.5, 0.6) is 5.75 Å². The standard InChI is InChI=1S/C16H19NO2/c1-12-10-14(4-3-9-18)17-11-16(12)13-5-7-15(19-2)8-6-13/h5-8,10-11,18H,3-4,9H2,1-2H3. The molecule has 0 unspecified atom stereocenters. The highest BCUT2D eigenvalue weighted by Crippen LogP contribution is 2.25. The van der Waals surface area contributed by atoms with Crippen molar-refractivity contribution in [2.45, 2.75) is 19.8 Å². The highest BCUT2D eigenvalue weighted by Gasteiger charge is 2.04. The van der Waals surface area contributed by atoms with E-state index in [0.29, 0.717) is 0 Å². The molecule has 0 fully saturated rings. The molecule has 0 spiro atoms. The van der Waals surface area contributed by atoms with Crippen molar-refractivity contribution in [1.29, 1.82) is 0 Å². The van der Waals surface area contributed by atoms with Gasteiger partial charge < -0.3 is 9.84 Å². The molecule has 3 nitrogen and oxygen atoms in total.